The molecule has 2 aromatic rings. The Morgan fingerprint density at radius 1 is 1.29 bits per heavy atom. The Hall–Kier alpha value is -1.52. The number of nitrogens with zero attached hydrogens (tertiary/aromatic N) is 2. The van der Waals surface area contributed by atoms with Gasteiger partial charge in [0.25, 0.3) is 5.91 Å². The maximum absolute atomic E-state index is 12.9. The molecule has 3 fully saturated rings. The zero-order valence-corrected chi connectivity index (χ0v) is 15.0. The Kier molecular flexibility index (Phi) is 4.05. The number of nitrogens with one attached hydrogen (secondary N) is 1. The lowest BCUT2D eigenvalue weighted by Gasteiger charge is -2.44. The lowest BCUT2D eigenvalue weighted by molar-refractivity contribution is 0.0621. The first kappa shape index (κ1) is 16.0. The molecule has 3 aliphatic rings. The molecular weight excluding hydrogens is 322 g/mol. The molecule has 0 saturated carbocycles. The second kappa shape index (κ2) is 6.08. The maximum atomic E-state index is 12.9. The van der Waals surface area contributed by atoms with Crippen molar-refractivity contribution in [2.24, 2.45) is 5.92 Å². The van der Waals surface area contributed by atoms with Crippen LogP contribution in [0.25, 0.3) is 10.9 Å². The molecule has 0 aliphatic carbocycles. The fourth-order valence-electron chi connectivity index (χ4n) is 4.24. The van der Waals surface area contributed by atoms with Crippen molar-refractivity contribution in [2.75, 3.05) is 19.6 Å². The zero-order valence-electron chi connectivity index (χ0n) is 14.3. The third-order valence-corrected chi connectivity index (χ3v) is 5.79. The summed E-state index contributed by atoms with van der Waals surface area (Å²) in [6, 6.07) is 6.37. The molecule has 3 aliphatic heterocycles. The molecule has 5 rings (SSSR count). The van der Waals surface area contributed by atoms with E-state index in [1.165, 1.54) is 25.9 Å². The molecule has 2 bridgehead atoms. The first-order valence-corrected chi connectivity index (χ1v) is 9.24. The largest absolute Gasteiger partial charge is 0.348 e. The van der Waals surface area contributed by atoms with E-state index in [9.17, 15) is 4.79 Å². The van der Waals surface area contributed by atoms with Crippen LogP contribution in [0.3, 0.4) is 0 Å². The van der Waals surface area contributed by atoms with Crippen LogP contribution < -0.4 is 5.32 Å². The smallest absolute Gasteiger partial charge is 0.252 e. The standard InChI is InChI=1S/C19H24ClN3O/c1-12(2)23-8-5-15-16(9-14(20)10-18(15)23)19(24)21-17-11-22-6-3-13(17)4-7-22/h5,8-10,12-13,17H,3-4,6-7,11H2,1-2H3,(H,21,24)/t17-/m0/s1. The molecule has 0 radical (unpaired) electrons. The van der Waals surface area contributed by atoms with Gasteiger partial charge in [-0.25, -0.2) is 0 Å². The summed E-state index contributed by atoms with van der Waals surface area (Å²) in [6.45, 7) is 7.60. The summed E-state index contributed by atoms with van der Waals surface area (Å²) in [5.74, 6) is 0.622. The van der Waals surface area contributed by atoms with Crippen LogP contribution in [-0.4, -0.2) is 41.1 Å². The van der Waals surface area contributed by atoms with E-state index in [1.54, 1.807) is 6.07 Å². The first-order valence-electron chi connectivity index (χ1n) is 8.86. The number of fused-ring (bicyclic) bond motifs is 4. The molecule has 0 unspecified atom stereocenters. The van der Waals surface area contributed by atoms with Crippen molar-refractivity contribution in [1.82, 2.24) is 14.8 Å². The topological polar surface area (TPSA) is 37.3 Å². The highest BCUT2D eigenvalue weighted by Crippen LogP contribution is 2.30. The normalized spacial score (nSPS) is 26.2. The number of halogens is 1. The summed E-state index contributed by atoms with van der Waals surface area (Å²) >= 11 is 6.31. The van der Waals surface area contributed by atoms with Crippen LogP contribution in [0.2, 0.25) is 5.02 Å². The van der Waals surface area contributed by atoms with Gasteiger partial charge in [0.05, 0.1) is 11.1 Å². The molecule has 5 heteroatoms. The number of rotatable bonds is 3. The monoisotopic (exact) mass is 345 g/mol. The third kappa shape index (κ3) is 2.72. The number of benzene rings is 1. The Bertz CT molecular complexity index is 774. The van der Waals surface area contributed by atoms with Gasteiger partial charge in [-0.05, 0) is 63.9 Å². The highest BCUT2D eigenvalue weighted by molar-refractivity contribution is 6.32. The average molecular weight is 346 g/mol. The van der Waals surface area contributed by atoms with Crippen molar-refractivity contribution >= 4 is 28.4 Å². The number of hydrogen-bond donors (Lipinski definition) is 1. The van der Waals surface area contributed by atoms with E-state index < -0.39 is 0 Å². The molecule has 1 amide bonds. The number of amides is 1. The highest BCUT2D eigenvalue weighted by Gasteiger charge is 2.35. The Morgan fingerprint density at radius 3 is 2.67 bits per heavy atom. The second-order valence-electron chi connectivity index (χ2n) is 7.42. The number of aromatic nitrogens is 1. The minimum absolute atomic E-state index is 0.00255. The van der Waals surface area contributed by atoms with Crippen LogP contribution in [0, 0.1) is 5.92 Å². The van der Waals surface area contributed by atoms with Crippen LogP contribution in [0.15, 0.2) is 24.4 Å². The van der Waals surface area contributed by atoms with Gasteiger partial charge in [-0.2, -0.15) is 0 Å². The summed E-state index contributed by atoms with van der Waals surface area (Å²) < 4.78 is 2.16. The fourth-order valence-corrected chi connectivity index (χ4v) is 4.45. The molecule has 4 heterocycles. The second-order valence-corrected chi connectivity index (χ2v) is 7.86. The van der Waals surface area contributed by atoms with E-state index in [0.29, 0.717) is 22.5 Å². The molecule has 1 aromatic heterocycles. The maximum Gasteiger partial charge on any atom is 0.252 e. The molecule has 1 N–H and O–H groups in total. The van der Waals surface area contributed by atoms with Crippen molar-refractivity contribution < 1.29 is 4.79 Å². The van der Waals surface area contributed by atoms with Crippen LogP contribution in [0.1, 0.15) is 43.1 Å². The molecule has 0 spiro atoms. The van der Waals surface area contributed by atoms with Crippen molar-refractivity contribution in [2.45, 2.75) is 38.8 Å². The van der Waals surface area contributed by atoms with Gasteiger partial charge < -0.3 is 14.8 Å². The lowest BCUT2D eigenvalue weighted by Crippen LogP contribution is -2.57. The summed E-state index contributed by atoms with van der Waals surface area (Å²) in [5, 5.41) is 4.87. The lowest BCUT2D eigenvalue weighted by atomic mass is 9.84. The Labute approximate surface area is 147 Å². The van der Waals surface area contributed by atoms with E-state index in [4.69, 9.17) is 11.6 Å². The van der Waals surface area contributed by atoms with E-state index in [0.717, 1.165) is 17.4 Å². The molecule has 1 atom stereocenters. The summed E-state index contributed by atoms with van der Waals surface area (Å²) in [4.78, 5) is 15.4. The molecule has 128 valence electrons. The van der Waals surface area contributed by atoms with Gasteiger partial charge in [0.1, 0.15) is 0 Å². The van der Waals surface area contributed by atoms with E-state index in [-0.39, 0.29) is 11.9 Å². The number of carbonyl (C=O) groups is 1. The molecule has 3 saturated heterocycles. The van der Waals surface area contributed by atoms with Crippen LogP contribution >= 0.6 is 11.6 Å². The molecule has 24 heavy (non-hydrogen) atoms. The quantitative estimate of drug-likeness (QED) is 0.921. The number of piperidine rings is 3. The Morgan fingerprint density at radius 2 is 2.04 bits per heavy atom. The third-order valence-electron chi connectivity index (χ3n) is 5.58. The zero-order chi connectivity index (χ0) is 16.8. The summed E-state index contributed by atoms with van der Waals surface area (Å²) in [5.41, 5.74) is 1.71. The predicted molar refractivity (Wildman–Crippen MR) is 97.8 cm³/mol. The first-order chi connectivity index (χ1) is 11.5. The average Bonchev–Trinajstić information content (AvgIpc) is 2.99. The van der Waals surface area contributed by atoms with Gasteiger partial charge in [-0.15, -0.1) is 0 Å². The molecular formula is C19H24ClN3O. The van der Waals surface area contributed by atoms with E-state index in [1.807, 2.05) is 18.3 Å². The SMILES string of the molecule is CC(C)n1ccc2c(C(=O)N[C@H]3CN4CCC3CC4)cc(Cl)cc21. The van der Waals surface area contributed by atoms with Crippen LogP contribution in [0.4, 0.5) is 0 Å². The fraction of sp³-hybridized carbons (Fsp3) is 0.526. The van der Waals surface area contributed by atoms with Crippen molar-refractivity contribution in [3.05, 3.63) is 35.0 Å². The van der Waals surface area contributed by atoms with Gasteiger partial charge in [0.15, 0.2) is 0 Å². The van der Waals surface area contributed by atoms with Gasteiger partial charge in [0.2, 0.25) is 0 Å². The summed E-state index contributed by atoms with van der Waals surface area (Å²) in [6.07, 6.45) is 4.43. The minimum atomic E-state index is 0.00255. The van der Waals surface area contributed by atoms with Crippen LogP contribution in [0.5, 0.6) is 0 Å². The molecule has 4 nitrogen and oxygen atoms in total. The molecule has 1 aromatic carbocycles. The van der Waals surface area contributed by atoms with Gasteiger partial charge >= 0.3 is 0 Å². The van der Waals surface area contributed by atoms with E-state index >= 15 is 0 Å². The van der Waals surface area contributed by atoms with Crippen molar-refractivity contribution in [3.8, 4) is 0 Å². The predicted octanol–water partition coefficient (Wildman–Crippen LogP) is 3.70. The minimum Gasteiger partial charge on any atom is -0.348 e. The van der Waals surface area contributed by atoms with Crippen LogP contribution in [-0.2, 0) is 0 Å². The van der Waals surface area contributed by atoms with Gasteiger partial charge in [0, 0.05) is 35.2 Å². The van der Waals surface area contributed by atoms with Crippen molar-refractivity contribution in [1.29, 1.82) is 0 Å². The van der Waals surface area contributed by atoms with Gasteiger partial charge in [-0.3, -0.25) is 4.79 Å². The highest BCUT2D eigenvalue weighted by atomic mass is 35.5. The number of carbonyl (C=O) groups excluding carboxylic acids is 1. The van der Waals surface area contributed by atoms with Crippen molar-refractivity contribution in [3.63, 3.8) is 0 Å². The number of hydrogen-bond acceptors (Lipinski definition) is 2. The van der Waals surface area contributed by atoms with Gasteiger partial charge in [-0.1, -0.05) is 11.6 Å². The Balaban J connectivity index is 1.64. The van der Waals surface area contributed by atoms with E-state index in [2.05, 4.69) is 28.6 Å². The summed E-state index contributed by atoms with van der Waals surface area (Å²) in [7, 11) is 0.